The summed E-state index contributed by atoms with van der Waals surface area (Å²) in [6, 6.07) is 36.8. The molecule has 0 fully saturated rings. The van der Waals surface area contributed by atoms with Gasteiger partial charge in [-0.25, -0.2) is 0 Å². The Morgan fingerprint density at radius 1 is 0.472 bits per heavy atom. The SMILES string of the molecule is N#Cc1ccc(-c2c3[nH]c4ccccc4c3c(-c3ccc(C#N)cc3)c3[nH]c4ccccc4c23)cc1. The number of fused-ring (bicyclic) bond motifs is 6. The average Bonchev–Trinajstić information content (AvgIpc) is 3.51. The Labute approximate surface area is 206 Å². The molecule has 7 rings (SSSR count). The van der Waals surface area contributed by atoms with Crippen molar-refractivity contribution in [2.24, 2.45) is 0 Å². The molecule has 0 aliphatic carbocycles. The molecule has 166 valence electrons. The summed E-state index contributed by atoms with van der Waals surface area (Å²) in [5.41, 5.74) is 9.81. The molecule has 4 nitrogen and oxygen atoms in total. The van der Waals surface area contributed by atoms with Crippen molar-refractivity contribution < 1.29 is 0 Å². The summed E-state index contributed by atoms with van der Waals surface area (Å²) < 4.78 is 0. The van der Waals surface area contributed by atoms with Gasteiger partial charge in [-0.3, -0.25) is 0 Å². The fourth-order valence-corrected chi connectivity index (χ4v) is 5.43. The molecule has 0 aliphatic rings. The van der Waals surface area contributed by atoms with Crippen LogP contribution in [0, 0.1) is 22.7 Å². The second-order valence-corrected chi connectivity index (χ2v) is 8.97. The van der Waals surface area contributed by atoms with Crippen molar-refractivity contribution >= 4 is 43.6 Å². The lowest BCUT2D eigenvalue weighted by molar-refractivity contribution is 1.48. The Morgan fingerprint density at radius 3 is 1.25 bits per heavy atom. The van der Waals surface area contributed by atoms with Crippen LogP contribution in [-0.4, -0.2) is 9.97 Å². The molecule has 0 atom stereocenters. The van der Waals surface area contributed by atoms with E-state index in [2.05, 4.69) is 58.5 Å². The first-order chi connectivity index (χ1) is 17.8. The minimum absolute atomic E-state index is 0.635. The Bertz CT molecular complexity index is 1890. The van der Waals surface area contributed by atoms with Crippen molar-refractivity contribution in [3.05, 3.63) is 108 Å². The maximum atomic E-state index is 9.36. The number of hydrogen-bond acceptors (Lipinski definition) is 2. The van der Waals surface area contributed by atoms with Crippen molar-refractivity contribution in [3.63, 3.8) is 0 Å². The zero-order valence-corrected chi connectivity index (χ0v) is 19.1. The van der Waals surface area contributed by atoms with Gasteiger partial charge in [0.05, 0.1) is 34.3 Å². The highest BCUT2D eigenvalue weighted by Crippen LogP contribution is 2.48. The highest BCUT2D eigenvalue weighted by atomic mass is 14.7. The van der Waals surface area contributed by atoms with Gasteiger partial charge < -0.3 is 9.97 Å². The van der Waals surface area contributed by atoms with Gasteiger partial charge in [-0.15, -0.1) is 0 Å². The first-order valence-corrected chi connectivity index (χ1v) is 11.7. The molecular formula is C32H18N4. The van der Waals surface area contributed by atoms with Gasteiger partial charge in [0, 0.05) is 43.7 Å². The van der Waals surface area contributed by atoms with Gasteiger partial charge in [0.1, 0.15) is 0 Å². The third-order valence-electron chi connectivity index (χ3n) is 7.02. The van der Waals surface area contributed by atoms with E-state index in [1.807, 2.05) is 60.7 Å². The molecule has 0 amide bonds. The first-order valence-electron chi connectivity index (χ1n) is 11.7. The molecule has 2 N–H and O–H groups in total. The number of nitrogens with zero attached hydrogens (tertiary/aromatic N) is 2. The topological polar surface area (TPSA) is 79.2 Å². The minimum atomic E-state index is 0.635. The molecule has 0 saturated carbocycles. The largest absolute Gasteiger partial charge is 0.354 e. The molecule has 0 saturated heterocycles. The van der Waals surface area contributed by atoms with Crippen molar-refractivity contribution in [3.8, 4) is 34.4 Å². The zero-order chi connectivity index (χ0) is 24.2. The van der Waals surface area contributed by atoms with E-state index in [1.54, 1.807) is 0 Å². The second-order valence-electron chi connectivity index (χ2n) is 8.97. The van der Waals surface area contributed by atoms with Crippen LogP contribution in [0.3, 0.4) is 0 Å². The summed E-state index contributed by atoms with van der Waals surface area (Å²) in [6.07, 6.45) is 0. The van der Waals surface area contributed by atoms with E-state index < -0.39 is 0 Å². The predicted octanol–water partition coefficient (Wildman–Crippen LogP) is 8.03. The van der Waals surface area contributed by atoms with Gasteiger partial charge in [0.15, 0.2) is 0 Å². The molecule has 2 heterocycles. The molecule has 0 bridgehead atoms. The number of hydrogen-bond donors (Lipinski definition) is 2. The molecule has 4 heteroatoms. The highest BCUT2D eigenvalue weighted by Gasteiger charge is 2.23. The number of aromatic nitrogens is 2. The maximum absolute atomic E-state index is 9.36. The van der Waals surface area contributed by atoms with Crippen LogP contribution in [0.2, 0.25) is 0 Å². The van der Waals surface area contributed by atoms with Crippen molar-refractivity contribution in [2.45, 2.75) is 0 Å². The molecule has 2 aromatic heterocycles. The van der Waals surface area contributed by atoms with Crippen LogP contribution in [0.25, 0.3) is 65.9 Å². The zero-order valence-electron chi connectivity index (χ0n) is 19.1. The van der Waals surface area contributed by atoms with Crippen LogP contribution >= 0.6 is 0 Å². The first kappa shape index (κ1) is 20.1. The molecule has 36 heavy (non-hydrogen) atoms. The molecule has 0 spiro atoms. The number of aromatic amines is 2. The van der Waals surface area contributed by atoms with Crippen molar-refractivity contribution in [1.29, 1.82) is 10.5 Å². The maximum Gasteiger partial charge on any atom is 0.0991 e. The van der Waals surface area contributed by atoms with Gasteiger partial charge in [-0.05, 0) is 47.5 Å². The minimum Gasteiger partial charge on any atom is -0.354 e. The van der Waals surface area contributed by atoms with E-state index in [9.17, 15) is 10.5 Å². The Balaban J connectivity index is 1.75. The van der Waals surface area contributed by atoms with Crippen LogP contribution in [-0.2, 0) is 0 Å². The number of nitrogens with one attached hydrogen (secondary N) is 2. The lowest BCUT2D eigenvalue weighted by atomic mass is 9.89. The molecule has 0 aliphatic heterocycles. The molecule has 0 unspecified atom stereocenters. The van der Waals surface area contributed by atoms with Gasteiger partial charge in [-0.2, -0.15) is 10.5 Å². The Hall–Kier alpha value is -5.32. The van der Waals surface area contributed by atoms with Gasteiger partial charge in [-0.1, -0.05) is 60.7 Å². The normalized spacial score (nSPS) is 11.3. The molecular weight excluding hydrogens is 440 g/mol. The van der Waals surface area contributed by atoms with E-state index in [0.29, 0.717) is 11.1 Å². The number of para-hydroxylation sites is 2. The summed E-state index contributed by atoms with van der Waals surface area (Å²) in [4.78, 5) is 7.44. The summed E-state index contributed by atoms with van der Waals surface area (Å²) >= 11 is 0. The third-order valence-corrected chi connectivity index (χ3v) is 7.02. The lowest BCUT2D eigenvalue weighted by Gasteiger charge is -2.13. The average molecular weight is 459 g/mol. The van der Waals surface area contributed by atoms with Gasteiger partial charge in [0.2, 0.25) is 0 Å². The fraction of sp³-hybridized carbons (Fsp3) is 0. The van der Waals surface area contributed by atoms with Crippen LogP contribution in [0.1, 0.15) is 11.1 Å². The molecule has 5 aromatic carbocycles. The van der Waals surface area contributed by atoms with E-state index in [1.165, 1.54) is 0 Å². The van der Waals surface area contributed by atoms with Crippen LogP contribution in [0.5, 0.6) is 0 Å². The lowest BCUT2D eigenvalue weighted by Crippen LogP contribution is -1.89. The number of H-pyrrole nitrogens is 2. The van der Waals surface area contributed by atoms with Crippen LogP contribution in [0.15, 0.2) is 97.1 Å². The molecule has 7 aromatic rings. The summed E-state index contributed by atoms with van der Waals surface area (Å²) in [5.74, 6) is 0. The Kier molecular flexibility index (Phi) is 4.24. The van der Waals surface area contributed by atoms with Crippen molar-refractivity contribution in [2.75, 3.05) is 0 Å². The predicted molar refractivity (Wildman–Crippen MR) is 145 cm³/mol. The molecule has 0 radical (unpaired) electrons. The van der Waals surface area contributed by atoms with Gasteiger partial charge in [0.25, 0.3) is 0 Å². The number of rotatable bonds is 2. The summed E-state index contributed by atoms with van der Waals surface area (Å²) in [5, 5.41) is 23.3. The Morgan fingerprint density at radius 2 is 0.861 bits per heavy atom. The monoisotopic (exact) mass is 458 g/mol. The van der Waals surface area contributed by atoms with E-state index in [0.717, 1.165) is 65.9 Å². The standard InChI is InChI=1S/C32H18N4/c33-17-19-9-13-21(14-10-19)27-29-23-5-1-3-7-25(23)35-31(29)28(22-15-11-20(18-34)12-16-22)30-24-6-2-4-8-26(24)36-32(27)30/h1-16,35-36H. The van der Waals surface area contributed by atoms with E-state index >= 15 is 0 Å². The third kappa shape index (κ3) is 2.79. The summed E-state index contributed by atoms with van der Waals surface area (Å²) in [6.45, 7) is 0. The van der Waals surface area contributed by atoms with E-state index in [-0.39, 0.29) is 0 Å². The van der Waals surface area contributed by atoms with E-state index in [4.69, 9.17) is 0 Å². The smallest absolute Gasteiger partial charge is 0.0991 e. The fourth-order valence-electron chi connectivity index (χ4n) is 5.43. The second kappa shape index (κ2) is 7.60. The van der Waals surface area contributed by atoms with Crippen LogP contribution < -0.4 is 0 Å². The summed E-state index contributed by atoms with van der Waals surface area (Å²) in [7, 11) is 0. The highest BCUT2D eigenvalue weighted by molar-refractivity contribution is 6.31. The van der Waals surface area contributed by atoms with Gasteiger partial charge >= 0.3 is 0 Å². The van der Waals surface area contributed by atoms with Crippen LogP contribution in [0.4, 0.5) is 0 Å². The number of benzene rings is 5. The quantitative estimate of drug-likeness (QED) is 0.275. The van der Waals surface area contributed by atoms with Crippen molar-refractivity contribution in [1.82, 2.24) is 9.97 Å². The number of nitriles is 2.